The van der Waals surface area contributed by atoms with Crippen LogP contribution < -0.4 is 49.0 Å². The van der Waals surface area contributed by atoms with Gasteiger partial charge in [-0.1, -0.05) is 0 Å². The third-order valence-electron chi connectivity index (χ3n) is 0. The second-order valence-electron chi connectivity index (χ2n) is 0.577. The Bertz CT molecular complexity index is 36.1. The molecule has 0 saturated carbocycles. The molecule has 0 amide bonds. The Balaban J connectivity index is -0.0000000171. The quantitative estimate of drug-likeness (QED) is 0.384. The summed E-state index contributed by atoms with van der Waals surface area (Å²) in [4.78, 5) is 0. The molecule has 0 aliphatic carbocycles. The molecule has 0 rings (SSSR count). The van der Waals surface area contributed by atoms with Crippen LogP contribution >= 0.6 is 0 Å². The maximum Gasteiger partial charge on any atom is 3.00 e. The molecular formula is B2HoLiO6Sr. The largest absolute Gasteiger partial charge is 3.00 e. The second kappa shape index (κ2) is 23.2. The van der Waals surface area contributed by atoms with E-state index in [-0.39, 0.29) is 102 Å². The van der Waals surface area contributed by atoms with E-state index < -0.39 is 14.6 Å². The fourth-order valence-electron chi connectivity index (χ4n) is 0. The Hall–Kier alpha value is 3.23. The van der Waals surface area contributed by atoms with Crippen LogP contribution in [0.25, 0.3) is 0 Å². The molecule has 0 unspecified atom stereocenters. The summed E-state index contributed by atoms with van der Waals surface area (Å²) >= 11 is 0. The summed E-state index contributed by atoms with van der Waals surface area (Å²) in [7, 11) is -5.83. The molecule has 56 valence electrons. The van der Waals surface area contributed by atoms with Crippen LogP contribution in [0.3, 0.4) is 0 Å². The van der Waals surface area contributed by atoms with E-state index in [4.69, 9.17) is 30.1 Å². The first-order valence-electron chi connectivity index (χ1n) is 1.41. The first-order chi connectivity index (χ1) is 3.46. The summed E-state index contributed by atoms with van der Waals surface area (Å²) in [5.74, 6) is 0. The van der Waals surface area contributed by atoms with Gasteiger partial charge in [0, 0.05) is 0 Å². The minimum absolute atomic E-state index is 0. The molecule has 0 aromatic rings. The predicted molar refractivity (Wildman–Crippen MR) is 17.3 cm³/mol. The van der Waals surface area contributed by atoms with Crippen LogP contribution in [-0.2, 0) is 0 Å². The van der Waals surface area contributed by atoms with Crippen molar-refractivity contribution in [3.63, 3.8) is 0 Å². The van der Waals surface area contributed by atoms with E-state index in [1.54, 1.807) is 0 Å². The van der Waals surface area contributed by atoms with Gasteiger partial charge < -0.3 is 30.1 Å². The van der Waals surface area contributed by atoms with E-state index in [1.165, 1.54) is 0 Å². The van der Waals surface area contributed by atoms with Gasteiger partial charge in [-0.15, -0.1) is 0 Å². The fraction of sp³-hybridized carbons (Fsp3) is 0. The molecule has 11 heavy (non-hydrogen) atoms. The molecule has 0 aromatic carbocycles. The van der Waals surface area contributed by atoms with Crippen molar-refractivity contribution in [3.8, 4) is 0 Å². The Kier molecular flexibility index (Phi) is 61.7. The molecular weight excluding hydrogens is 377 g/mol. The van der Waals surface area contributed by atoms with Gasteiger partial charge in [0.25, 0.3) is 0 Å². The van der Waals surface area contributed by atoms with E-state index in [2.05, 4.69) is 0 Å². The summed E-state index contributed by atoms with van der Waals surface area (Å²) in [5.41, 5.74) is 0. The molecule has 6 nitrogen and oxygen atoms in total. The maximum atomic E-state index is 8.42. The van der Waals surface area contributed by atoms with Crippen LogP contribution in [0.5, 0.6) is 0 Å². The topological polar surface area (TPSA) is 138 Å². The summed E-state index contributed by atoms with van der Waals surface area (Å²) in [6.07, 6.45) is 0. The predicted octanol–water partition coefficient (Wildman–Crippen LogP) is -11.3. The van der Waals surface area contributed by atoms with E-state index in [1.807, 2.05) is 0 Å². The minimum atomic E-state index is -2.92. The first-order valence-corrected chi connectivity index (χ1v) is 1.41. The number of rotatable bonds is 0. The first kappa shape index (κ1) is 29.2. The fourth-order valence-corrected chi connectivity index (χ4v) is 0. The summed E-state index contributed by atoms with van der Waals surface area (Å²) in [6, 6.07) is 0. The van der Waals surface area contributed by atoms with Crippen LogP contribution in [-0.4, -0.2) is 60.1 Å². The van der Waals surface area contributed by atoms with Gasteiger partial charge in [-0.25, -0.2) is 0 Å². The van der Waals surface area contributed by atoms with Gasteiger partial charge in [-0.05, 0) is 0 Å². The zero-order chi connectivity index (χ0) is 7.15. The van der Waals surface area contributed by atoms with Gasteiger partial charge in [-0.2, -0.15) is 0 Å². The third-order valence-corrected chi connectivity index (χ3v) is 0. The number of hydrogen-bond donors (Lipinski definition) is 0. The molecule has 0 saturated heterocycles. The Labute approximate surface area is 144 Å². The van der Waals surface area contributed by atoms with Crippen molar-refractivity contribution < 1.29 is 86.7 Å². The molecule has 0 N–H and O–H groups in total. The van der Waals surface area contributed by atoms with Crippen molar-refractivity contribution in [1.82, 2.24) is 0 Å². The van der Waals surface area contributed by atoms with Gasteiger partial charge in [0.1, 0.15) is 0 Å². The van der Waals surface area contributed by atoms with Crippen molar-refractivity contribution in [1.29, 1.82) is 0 Å². The molecule has 0 fully saturated rings. The van der Waals surface area contributed by atoms with Crippen molar-refractivity contribution in [2.24, 2.45) is 0 Å². The zero-order valence-electron chi connectivity index (χ0n) is 5.61. The average Bonchev–Trinajstić information content (AvgIpc) is 1.25. The van der Waals surface area contributed by atoms with Crippen molar-refractivity contribution >= 4 is 60.1 Å². The minimum Gasteiger partial charge on any atom is -0.907 e. The Morgan fingerprint density at radius 1 is 0.636 bits per heavy atom. The van der Waals surface area contributed by atoms with Crippen LogP contribution in [0.4, 0.5) is 0 Å². The summed E-state index contributed by atoms with van der Waals surface area (Å²) < 4.78 is 0. The van der Waals surface area contributed by atoms with Crippen LogP contribution in [0.2, 0.25) is 0 Å². The van der Waals surface area contributed by atoms with Crippen LogP contribution in [0.15, 0.2) is 0 Å². The molecule has 0 atom stereocenters. The molecule has 0 heterocycles. The normalized spacial score (nSPS) is 4.91. The van der Waals surface area contributed by atoms with E-state index >= 15 is 0 Å². The van der Waals surface area contributed by atoms with Gasteiger partial charge in [0.05, 0.1) is 0 Å². The molecule has 0 radical (unpaired) electrons. The number of hydrogen-bond acceptors (Lipinski definition) is 6. The van der Waals surface area contributed by atoms with Gasteiger partial charge in [0.2, 0.25) is 0 Å². The van der Waals surface area contributed by atoms with Crippen molar-refractivity contribution in [2.45, 2.75) is 0 Å². The Morgan fingerprint density at radius 3 is 0.636 bits per heavy atom. The molecule has 0 spiro atoms. The van der Waals surface area contributed by atoms with Gasteiger partial charge in [0.15, 0.2) is 0 Å². The van der Waals surface area contributed by atoms with Gasteiger partial charge in [-0.3, -0.25) is 14.6 Å². The Morgan fingerprint density at radius 2 is 0.636 bits per heavy atom. The second-order valence-corrected chi connectivity index (χ2v) is 0.577. The summed E-state index contributed by atoms with van der Waals surface area (Å²) in [5, 5.41) is 50.5. The molecule has 0 bridgehead atoms. The molecule has 0 aliphatic heterocycles. The monoisotopic (exact) mass is 378 g/mol. The molecule has 11 heteroatoms. The summed E-state index contributed by atoms with van der Waals surface area (Å²) in [6.45, 7) is 0. The SMILES string of the molecule is [Ho+3].[Li+].[O-]B([O-])[O-].[O-]B([O-])[O-].[Sr+2]. The van der Waals surface area contributed by atoms with E-state index in [0.717, 1.165) is 0 Å². The average molecular weight is 377 g/mol. The van der Waals surface area contributed by atoms with Gasteiger partial charge >= 0.3 is 102 Å². The van der Waals surface area contributed by atoms with Crippen molar-refractivity contribution in [3.05, 3.63) is 0 Å². The van der Waals surface area contributed by atoms with Crippen LogP contribution in [0.1, 0.15) is 0 Å². The van der Waals surface area contributed by atoms with Crippen LogP contribution in [0, 0.1) is 37.7 Å². The van der Waals surface area contributed by atoms with E-state index in [0.29, 0.717) is 0 Å². The smallest absolute Gasteiger partial charge is 0.907 e. The standard InChI is InChI=1S/2BO3.Ho.Li.Sr/c2*2-1(3)4;;;/q2*-3;+3;+1;+2. The zero-order valence-corrected chi connectivity index (χ0v) is 11.0. The third kappa shape index (κ3) is 160. The maximum absolute atomic E-state index is 8.42. The molecule has 0 aromatic heterocycles. The molecule has 0 aliphatic rings. The van der Waals surface area contributed by atoms with Crippen molar-refractivity contribution in [2.75, 3.05) is 0 Å². The van der Waals surface area contributed by atoms with E-state index in [9.17, 15) is 0 Å².